The van der Waals surface area contributed by atoms with Gasteiger partial charge in [-0.3, -0.25) is 8.98 Å². The molecule has 8 nitrogen and oxygen atoms in total. The van der Waals surface area contributed by atoms with Gasteiger partial charge in [-0.05, 0) is 25.0 Å². The molecule has 11 heteroatoms. The number of fused-ring (bicyclic) bond motifs is 1. The predicted octanol–water partition coefficient (Wildman–Crippen LogP) is 0.504. The second-order valence-corrected chi connectivity index (χ2v) is 12.6. The van der Waals surface area contributed by atoms with Crippen molar-refractivity contribution in [2.24, 2.45) is 11.8 Å². The third-order valence-electron chi connectivity index (χ3n) is 5.19. The molecule has 2 aliphatic carbocycles. The van der Waals surface area contributed by atoms with Crippen molar-refractivity contribution in [1.29, 1.82) is 0 Å². The predicted molar refractivity (Wildman–Crippen MR) is 102 cm³/mol. The number of hydrogen-bond acceptors (Lipinski definition) is 8. The molecule has 0 N–H and O–H groups in total. The fourth-order valence-electron chi connectivity index (χ4n) is 4.07. The Kier molecular flexibility index (Phi) is 6.12. The van der Waals surface area contributed by atoms with Crippen LogP contribution in [0.15, 0.2) is 35.2 Å². The summed E-state index contributed by atoms with van der Waals surface area (Å²) in [5, 5.41) is -0.541. The molecule has 5 atom stereocenters. The molecule has 1 aromatic carbocycles. The molecule has 0 spiro atoms. The van der Waals surface area contributed by atoms with Crippen LogP contribution in [-0.2, 0) is 44.8 Å². The molecule has 1 saturated heterocycles. The lowest BCUT2D eigenvalue weighted by Crippen LogP contribution is -2.38. The third kappa shape index (κ3) is 4.70. The fourth-order valence-corrected chi connectivity index (χ4v) is 7.01. The molecular weight excluding hydrogens is 428 g/mol. The minimum absolute atomic E-state index is 0.143. The van der Waals surface area contributed by atoms with E-state index in [1.165, 1.54) is 4.90 Å². The molecule has 1 aliphatic heterocycles. The highest BCUT2D eigenvalue weighted by molar-refractivity contribution is 7.95. The lowest BCUT2D eigenvalue weighted by atomic mass is 9.94. The van der Waals surface area contributed by atoms with Gasteiger partial charge < -0.3 is 9.29 Å². The summed E-state index contributed by atoms with van der Waals surface area (Å²) >= 11 is 0. The first kappa shape index (κ1) is 21.6. The zero-order chi connectivity index (χ0) is 20.7. The Morgan fingerprint density at radius 3 is 2.43 bits per heavy atom. The molecule has 1 heterocycles. The van der Waals surface area contributed by atoms with Gasteiger partial charge in [0.2, 0.25) is 0 Å². The van der Waals surface area contributed by atoms with Crippen LogP contribution in [0, 0.1) is 11.8 Å². The molecule has 5 unspecified atom stereocenters. The first-order valence-electron chi connectivity index (χ1n) is 8.66. The molecule has 2 saturated carbocycles. The van der Waals surface area contributed by atoms with Gasteiger partial charge in [-0.2, -0.15) is 8.42 Å². The number of ether oxygens (including phenoxy) is 1. The van der Waals surface area contributed by atoms with Crippen LogP contribution in [-0.4, -0.2) is 63.1 Å². The van der Waals surface area contributed by atoms with E-state index in [0.29, 0.717) is 23.7 Å². The molecular formula is C17H22O8S3. The van der Waals surface area contributed by atoms with Crippen molar-refractivity contribution in [3.8, 4) is 0 Å². The van der Waals surface area contributed by atoms with Crippen LogP contribution >= 0.6 is 0 Å². The maximum absolute atomic E-state index is 11.6. The number of carbonyl (C=O) groups excluding carboxylic acids is 1. The third-order valence-corrected chi connectivity index (χ3v) is 8.77. The first-order valence-corrected chi connectivity index (χ1v) is 13.7. The van der Waals surface area contributed by atoms with E-state index in [2.05, 4.69) is 42.8 Å². The summed E-state index contributed by atoms with van der Waals surface area (Å²) in [6.07, 6.45) is 3.90. The van der Waals surface area contributed by atoms with Crippen molar-refractivity contribution in [2.45, 2.75) is 35.2 Å². The van der Waals surface area contributed by atoms with E-state index in [4.69, 9.17) is 8.92 Å². The van der Waals surface area contributed by atoms with Gasteiger partial charge in [-0.1, -0.05) is 18.2 Å². The van der Waals surface area contributed by atoms with Crippen LogP contribution in [0.25, 0.3) is 0 Å². The van der Waals surface area contributed by atoms with Crippen LogP contribution in [0.3, 0.4) is 0 Å². The fraction of sp³-hybridized carbons (Fsp3) is 0.588. The van der Waals surface area contributed by atoms with E-state index >= 15 is 0 Å². The molecule has 2 bridgehead atoms. The van der Waals surface area contributed by atoms with E-state index in [-0.39, 0.29) is 11.8 Å². The second kappa shape index (κ2) is 7.94. The van der Waals surface area contributed by atoms with Crippen molar-refractivity contribution in [2.75, 3.05) is 18.3 Å². The Balaban J connectivity index is 0.000000211. The Bertz CT molecular complexity index is 926. The summed E-state index contributed by atoms with van der Waals surface area (Å²) in [5.41, 5.74) is 0. The number of carbonyl (C=O) groups is 1. The zero-order valence-electron chi connectivity index (χ0n) is 15.4. The zero-order valence-corrected chi connectivity index (χ0v) is 17.8. The lowest BCUT2D eigenvalue weighted by Gasteiger charge is -2.25. The van der Waals surface area contributed by atoms with E-state index in [1.807, 2.05) is 0 Å². The number of hydrogen-bond donors (Lipinski definition) is 0. The largest absolute Gasteiger partial charge is 0.748 e. The summed E-state index contributed by atoms with van der Waals surface area (Å²) in [4.78, 5) is 12.8. The number of esters is 1. The molecule has 0 aromatic heterocycles. The Hall–Kier alpha value is -1.14. The number of rotatable bonds is 4. The summed E-state index contributed by atoms with van der Waals surface area (Å²) in [6, 6.07) is 10.6. The molecule has 4 rings (SSSR count). The summed E-state index contributed by atoms with van der Waals surface area (Å²) < 4.78 is 64.5. The topological polar surface area (TPSA) is 127 Å². The highest BCUT2D eigenvalue weighted by Crippen LogP contribution is 2.55. The van der Waals surface area contributed by atoms with Crippen molar-refractivity contribution >= 4 is 37.1 Å². The van der Waals surface area contributed by atoms with E-state index in [0.717, 1.165) is 0 Å². The van der Waals surface area contributed by atoms with Crippen LogP contribution in [0.1, 0.15) is 12.8 Å². The minimum atomic E-state index is -4.70. The average molecular weight is 451 g/mol. The summed E-state index contributed by atoms with van der Waals surface area (Å²) in [6.45, 7) is 0. The van der Waals surface area contributed by atoms with Gasteiger partial charge in [-0.25, -0.2) is 8.42 Å². The van der Waals surface area contributed by atoms with Crippen LogP contribution in [0.2, 0.25) is 0 Å². The molecule has 3 aliphatic rings. The van der Waals surface area contributed by atoms with Gasteiger partial charge in [-0.15, -0.1) is 0 Å². The van der Waals surface area contributed by atoms with Crippen molar-refractivity contribution in [1.82, 2.24) is 0 Å². The molecule has 28 heavy (non-hydrogen) atoms. The average Bonchev–Trinajstić information content (AvgIpc) is 3.19. The highest BCUT2D eigenvalue weighted by atomic mass is 32.2. The molecule has 0 amide bonds. The Labute approximate surface area is 167 Å². The van der Waals surface area contributed by atoms with Crippen LogP contribution in [0.5, 0.6) is 0 Å². The quantitative estimate of drug-likeness (QED) is 0.281. The monoisotopic (exact) mass is 450 g/mol. The SMILES string of the molecule is C[S+](C)c1ccccc1.O=C(CS(=O)(=O)[O-])OC1C2CC3C1OS(=O)(=O)C3C2. The van der Waals surface area contributed by atoms with Crippen molar-refractivity contribution in [3.05, 3.63) is 30.3 Å². The van der Waals surface area contributed by atoms with Gasteiger partial charge in [0.25, 0.3) is 10.1 Å². The van der Waals surface area contributed by atoms with Gasteiger partial charge in [0.05, 0.1) is 5.25 Å². The standard InChI is InChI=1S/C9H12O8S2.C8H11S/c10-7(3-18(11,12)13)16-8-4-1-5-6(2-4)19(14,15)17-9(5)8;1-9(2)8-6-4-3-5-7-8/h4-6,8-9H,1-3H2,(H,11,12,13);3-7H,1-2H3/q;+1/p-1. The maximum atomic E-state index is 11.6. The van der Waals surface area contributed by atoms with Gasteiger partial charge in [0, 0.05) is 22.7 Å². The number of benzene rings is 1. The maximum Gasteiger partial charge on any atom is 0.320 e. The van der Waals surface area contributed by atoms with E-state index < -0.39 is 49.4 Å². The van der Waals surface area contributed by atoms with Crippen LogP contribution < -0.4 is 0 Å². The lowest BCUT2D eigenvalue weighted by molar-refractivity contribution is -0.152. The smallest absolute Gasteiger partial charge is 0.320 e. The van der Waals surface area contributed by atoms with Gasteiger partial charge in [0.1, 0.15) is 40.6 Å². The van der Waals surface area contributed by atoms with Crippen molar-refractivity contribution < 1.29 is 35.1 Å². The molecule has 0 radical (unpaired) electrons. The highest BCUT2D eigenvalue weighted by Gasteiger charge is 2.65. The first-order chi connectivity index (χ1) is 13.0. The van der Waals surface area contributed by atoms with Crippen molar-refractivity contribution in [3.63, 3.8) is 0 Å². The molecule has 156 valence electrons. The van der Waals surface area contributed by atoms with Crippen LogP contribution in [0.4, 0.5) is 0 Å². The Morgan fingerprint density at radius 1 is 1.25 bits per heavy atom. The normalized spacial score (nSPS) is 32.1. The van der Waals surface area contributed by atoms with Gasteiger partial charge in [0.15, 0.2) is 4.90 Å². The summed E-state index contributed by atoms with van der Waals surface area (Å²) in [5.74, 6) is -2.74. The molecule has 3 fully saturated rings. The minimum Gasteiger partial charge on any atom is -0.748 e. The summed E-state index contributed by atoms with van der Waals surface area (Å²) in [7, 11) is -7.88. The Morgan fingerprint density at radius 2 is 1.89 bits per heavy atom. The van der Waals surface area contributed by atoms with E-state index in [9.17, 15) is 26.2 Å². The van der Waals surface area contributed by atoms with E-state index in [1.54, 1.807) is 0 Å². The second-order valence-electron chi connectivity index (χ2n) is 7.27. The molecule has 1 aromatic rings. The van der Waals surface area contributed by atoms with Gasteiger partial charge >= 0.3 is 5.97 Å².